The Balaban J connectivity index is 2.37. The third kappa shape index (κ3) is 2.95. The number of hydrogen-bond acceptors (Lipinski definition) is 3. The molecular formula is C14H7F2NO2S. The Kier molecular flexibility index (Phi) is 4.01. The van der Waals surface area contributed by atoms with E-state index in [0.717, 1.165) is 36.0 Å². The molecule has 0 saturated carbocycles. The number of aromatic carboxylic acids is 1. The van der Waals surface area contributed by atoms with E-state index in [1.807, 2.05) is 0 Å². The van der Waals surface area contributed by atoms with Crippen molar-refractivity contribution in [2.24, 2.45) is 0 Å². The van der Waals surface area contributed by atoms with Crippen molar-refractivity contribution >= 4 is 17.7 Å². The van der Waals surface area contributed by atoms with Crippen molar-refractivity contribution in [3.05, 3.63) is 59.2 Å². The average Bonchev–Trinajstić information content (AvgIpc) is 2.42. The lowest BCUT2D eigenvalue weighted by Gasteiger charge is -2.06. The maximum absolute atomic E-state index is 13.7. The number of benzene rings is 2. The highest BCUT2D eigenvalue weighted by atomic mass is 32.2. The van der Waals surface area contributed by atoms with Crippen LogP contribution >= 0.6 is 11.8 Å². The summed E-state index contributed by atoms with van der Waals surface area (Å²) < 4.78 is 27.3. The molecule has 100 valence electrons. The zero-order chi connectivity index (χ0) is 14.7. The van der Waals surface area contributed by atoms with Crippen LogP contribution in [-0.2, 0) is 0 Å². The first kappa shape index (κ1) is 14.0. The van der Waals surface area contributed by atoms with E-state index >= 15 is 0 Å². The topological polar surface area (TPSA) is 61.1 Å². The minimum Gasteiger partial charge on any atom is -0.478 e. The number of nitriles is 1. The number of hydrogen-bond donors (Lipinski definition) is 1. The van der Waals surface area contributed by atoms with Gasteiger partial charge in [-0.2, -0.15) is 5.26 Å². The fourth-order valence-corrected chi connectivity index (χ4v) is 2.37. The predicted molar refractivity (Wildman–Crippen MR) is 68.6 cm³/mol. The van der Waals surface area contributed by atoms with Crippen molar-refractivity contribution in [1.29, 1.82) is 5.26 Å². The maximum atomic E-state index is 13.7. The SMILES string of the molecule is N#Cc1ccc(Sc2cc(C(=O)O)ccc2F)c(F)c1. The van der Waals surface area contributed by atoms with Crippen molar-refractivity contribution in [3.8, 4) is 6.07 Å². The Hall–Kier alpha value is -2.39. The van der Waals surface area contributed by atoms with Crippen LogP contribution in [0.15, 0.2) is 46.2 Å². The molecule has 0 aliphatic heterocycles. The number of carbonyl (C=O) groups is 1. The molecular weight excluding hydrogens is 284 g/mol. The Morgan fingerprint density at radius 2 is 1.85 bits per heavy atom. The van der Waals surface area contributed by atoms with Gasteiger partial charge < -0.3 is 5.11 Å². The zero-order valence-electron chi connectivity index (χ0n) is 9.93. The predicted octanol–water partition coefficient (Wildman–Crippen LogP) is 3.69. The summed E-state index contributed by atoms with van der Waals surface area (Å²) in [6.07, 6.45) is 0. The number of carboxylic acids is 1. The van der Waals surface area contributed by atoms with Crippen molar-refractivity contribution < 1.29 is 18.7 Å². The largest absolute Gasteiger partial charge is 0.478 e. The second kappa shape index (κ2) is 5.72. The molecule has 0 radical (unpaired) electrons. The standard InChI is InChI=1S/C14H7F2NO2S/c15-10-3-2-9(14(18)19)6-13(10)20-12-4-1-8(7-17)5-11(12)16/h1-6H,(H,18,19). The summed E-state index contributed by atoms with van der Waals surface area (Å²) in [6, 6.07) is 8.89. The molecule has 1 N–H and O–H groups in total. The molecule has 0 saturated heterocycles. The number of halogens is 2. The quantitative estimate of drug-likeness (QED) is 0.937. The first-order valence-electron chi connectivity index (χ1n) is 5.41. The molecule has 2 aromatic carbocycles. The van der Waals surface area contributed by atoms with Gasteiger partial charge in [-0.3, -0.25) is 0 Å². The molecule has 0 unspecified atom stereocenters. The smallest absolute Gasteiger partial charge is 0.335 e. The molecule has 0 atom stereocenters. The Morgan fingerprint density at radius 3 is 2.45 bits per heavy atom. The fourth-order valence-electron chi connectivity index (χ4n) is 1.49. The molecule has 3 nitrogen and oxygen atoms in total. The van der Waals surface area contributed by atoms with Crippen LogP contribution in [0.2, 0.25) is 0 Å². The lowest BCUT2D eigenvalue weighted by atomic mass is 10.2. The highest BCUT2D eigenvalue weighted by molar-refractivity contribution is 7.99. The molecule has 0 aliphatic carbocycles. The second-order valence-corrected chi connectivity index (χ2v) is 4.89. The van der Waals surface area contributed by atoms with Gasteiger partial charge in [0.1, 0.15) is 11.6 Å². The molecule has 0 heterocycles. The highest BCUT2D eigenvalue weighted by Crippen LogP contribution is 2.32. The van der Waals surface area contributed by atoms with E-state index in [9.17, 15) is 13.6 Å². The molecule has 2 rings (SSSR count). The van der Waals surface area contributed by atoms with E-state index < -0.39 is 17.6 Å². The van der Waals surface area contributed by atoms with E-state index in [2.05, 4.69) is 0 Å². The van der Waals surface area contributed by atoms with E-state index in [1.165, 1.54) is 12.1 Å². The number of nitrogens with zero attached hydrogens (tertiary/aromatic N) is 1. The normalized spacial score (nSPS) is 10.1. The van der Waals surface area contributed by atoms with Crippen molar-refractivity contribution in [2.75, 3.05) is 0 Å². The molecule has 2 aromatic rings. The molecule has 0 fully saturated rings. The second-order valence-electron chi connectivity index (χ2n) is 3.81. The summed E-state index contributed by atoms with van der Waals surface area (Å²) in [6.45, 7) is 0. The summed E-state index contributed by atoms with van der Waals surface area (Å²) in [5.74, 6) is -2.48. The minimum absolute atomic E-state index is 0.00788. The molecule has 20 heavy (non-hydrogen) atoms. The third-order valence-electron chi connectivity index (χ3n) is 2.46. The van der Waals surface area contributed by atoms with Crippen LogP contribution in [0.3, 0.4) is 0 Å². The lowest BCUT2D eigenvalue weighted by molar-refractivity contribution is 0.0696. The first-order valence-corrected chi connectivity index (χ1v) is 6.23. The first-order chi connectivity index (χ1) is 9.51. The summed E-state index contributed by atoms with van der Waals surface area (Å²) in [4.78, 5) is 10.9. The minimum atomic E-state index is -1.19. The molecule has 6 heteroatoms. The van der Waals surface area contributed by atoms with E-state index in [4.69, 9.17) is 10.4 Å². The molecule has 0 aliphatic rings. The average molecular weight is 291 g/mol. The van der Waals surface area contributed by atoms with Crippen LogP contribution in [0, 0.1) is 23.0 Å². The van der Waals surface area contributed by atoms with Gasteiger partial charge in [-0.15, -0.1) is 0 Å². The maximum Gasteiger partial charge on any atom is 0.335 e. The van der Waals surface area contributed by atoms with Gasteiger partial charge in [-0.1, -0.05) is 11.8 Å². The third-order valence-corrected chi connectivity index (χ3v) is 3.54. The van der Waals surface area contributed by atoms with Crippen LogP contribution < -0.4 is 0 Å². The van der Waals surface area contributed by atoms with Crippen LogP contribution in [-0.4, -0.2) is 11.1 Å². The van der Waals surface area contributed by atoms with Gasteiger partial charge in [-0.25, -0.2) is 13.6 Å². The van der Waals surface area contributed by atoms with Gasteiger partial charge in [0.25, 0.3) is 0 Å². The summed E-state index contributed by atoms with van der Waals surface area (Å²) in [5, 5.41) is 17.5. The van der Waals surface area contributed by atoms with Crippen LogP contribution in [0.1, 0.15) is 15.9 Å². The molecule has 0 bridgehead atoms. The van der Waals surface area contributed by atoms with Gasteiger partial charge >= 0.3 is 5.97 Å². The Labute approximate surface area is 117 Å². The van der Waals surface area contributed by atoms with Crippen molar-refractivity contribution in [3.63, 3.8) is 0 Å². The van der Waals surface area contributed by atoms with Crippen molar-refractivity contribution in [2.45, 2.75) is 9.79 Å². The number of carboxylic acid groups (broad SMARTS) is 1. The van der Waals surface area contributed by atoms with Crippen LogP contribution in [0.5, 0.6) is 0 Å². The van der Waals surface area contributed by atoms with Crippen molar-refractivity contribution in [1.82, 2.24) is 0 Å². The van der Waals surface area contributed by atoms with Crippen LogP contribution in [0.25, 0.3) is 0 Å². The van der Waals surface area contributed by atoms with E-state index in [1.54, 1.807) is 6.07 Å². The Morgan fingerprint density at radius 1 is 1.10 bits per heavy atom. The van der Waals surface area contributed by atoms with Gasteiger partial charge in [0.2, 0.25) is 0 Å². The van der Waals surface area contributed by atoms with Gasteiger partial charge in [0.15, 0.2) is 0 Å². The molecule has 0 aromatic heterocycles. The van der Waals surface area contributed by atoms with E-state index in [-0.39, 0.29) is 20.9 Å². The Bertz CT molecular complexity index is 726. The summed E-state index contributed by atoms with van der Waals surface area (Å²) in [7, 11) is 0. The molecule has 0 amide bonds. The van der Waals surface area contributed by atoms with E-state index in [0.29, 0.717) is 0 Å². The zero-order valence-corrected chi connectivity index (χ0v) is 10.7. The number of rotatable bonds is 3. The van der Waals surface area contributed by atoms with Gasteiger partial charge in [0, 0.05) is 9.79 Å². The summed E-state index contributed by atoms with van der Waals surface area (Å²) >= 11 is 0.769. The highest BCUT2D eigenvalue weighted by Gasteiger charge is 2.12. The molecule has 0 spiro atoms. The van der Waals surface area contributed by atoms with Gasteiger partial charge in [0.05, 0.1) is 17.2 Å². The summed E-state index contributed by atoms with van der Waals surface area (Å²) in [5.41, 5.74) is 0.0783. The van der Waals surface area contributed by atoms with Gasteiger partial charge in [-0.05, 0) is 36.4 Å². The van der Waals surface area contributed by atoms with Crippen LogP contribution in [0.4, 0.5) is 8.78 Å². The fraction of sp³-hybridized carbons (Fsp3) is 0. The monoisotopic (exact) mass is 291 g/mol. The lowest BCUT2D eigenvalue weighted by Crippen LogP contribution is -1.97.